The lowest BCUT2D eigenvalue weighted by Gasteiger charge is -2.35. The second kappa shape index (κ2) is 8.81. The smallest absolute Gasteiger partial charge is 0.272 e. The van der Waals surface area contributed by atoms with E-state index in [1.807, 2.05) is 73.3 Å². The van der Waals surface area contributed by atoms with Crippen molar-refractivity contribution in [2.75, 3.05) is 27.3 Å². The molecule has 1 amide bonds. The monoisotopic (exact) mass is 421 g/mol. The van der Waals surface area contributed by atoms with Gasteiger partial charge in [-0.05, 0) is 56.3 Å². The van der Waals surface area contributed by atoms with Gasteiger partial charge in [0.2, 0.25) is 0 Å². The second-order valence-corrected chi connectivity index (χ2v) is 7.72. The number of amides is 1. The molecule has 0 saturated carbocycles. The van der Waals surface area contributed by atoms with Gasteiger partial charge < -0.3 is 19.1 Å². The van der Waals surface area contributed by atoms with Crippen molar-refractivity contribution in [2.45, 2.75) is 26.1 Å². The highest BCUT2D eigenvalue weighted by atomic mass is 16.5. The van der Waals surface area contributed by atoms with E-state index in [0.29, 0.717) is 24.5 Å². The first kappa shape index (κ1) is 20.9. The number of benzene rings is 2. The van der Waals surface area contributed by atoms with Gasteiger partial charge in [0.15, 0.2) is 0 Å². The minimum atomic E-state index is -0.0699. The Morgan fingerprint density at radius 1 is 0.968 bits per heavy atom. The van der Waals surface area contributed by atoms with Gasteiger partial charge in [-0.15, -0.1) is 0 Å². The number of methoxy groups -OCH3 is 2. The average Bonchev–Trinajstić information content (AvgIpc) is 3.23. The first-order chi connectivity index (χ1) is 15.0. The van der Waals surface area contributed by atoms with Crippen LogP contribution in [-0.2, 0) is 4.74 Å². The fourth-order valence-corrected chi connectivity index (χ4v) is 3.88. The van der Waals surface area contributed by atoms with Gasteiger partial charge in [0.1, 0.15) is 17.2 Å². The van der Waals surface area contributed by atoms with Gasteiger partial charge in [0.05, 0.1) is 37.8 Å². The Kier molecular flexibility index (Phi) is 5.95. The lowest BCUT2D eigenvalue weighted by atomic mass is 10.1. The van der Waals surface area contributed by atoms with Crippen LogP contribution in [0.2, 0.25) is 0 Å². The molecule has 1 saturated heterocycles. The molecule has 7 nitrogen and oxygen atoms in total. The van der Waals surface area contributed by atoms with Gasteiger partial charge in [-0.2, -0.15) is 5.10 Å². The van der Waals surface area contributed by atoms with Gasteiger partial charge in [0.25, 0.3) is 5.91 Å². The maximum absolute atomic E-state index is 13.5. The van der Waals surface area contributed by atoms with E-state index in [1.165, 1.54) is 0 Å². The molecule has 7 heteroatoms. The Morgan fingerprint density at radius 3 is 2.29 bits per heavy atom. The summed E-state index contributed by atoms with van der Waals surface area (Å²) in [5, 5.41) is 4.78. The summed E-state index contributed by atoms with van der Waals surface area (Å²) < 4.78 is 18.1. The van der Waals surface area contributed by atoms with Crippen molar-refractivity contribution in [2.24, 2.45) is 0 Å². The van der Waals surface area contributed by atoms with Crippen molar-refractivity contribution in [3.8, 4) is 28.4 Å². The summed E-state index contributed by atoms with van der Waals surface area (Å²) >= 11 is 0. The largest absolute Gasteiger partial charge is 0.497 e. The molecule has 31 heavy (non-hydrogen) atoms. The highest BCUT2D eigenvalue weighted by Gasteiger charge is 2.29. The van der Waals surface area contributed by atoms with E-state index in [-0.39, 0.29) is 18.1 Å². The van der Waals surface area contributed by atoms with Crippen LogP contribution in [0.3, 0.4) is 0 Å². The zero-order valence-electron chi connectivity index (χ0n) is 18.2. The maximum atomic E-state index is 13.5. The third-order valence-corrected chi connectivity index (χ3v) is 5.32. The van der Waals surface area contributed by atoms with E-state index in [9.17, 15) is 4.79 Å². The molecule has 2 atom stereocenters. The Labute approximate surface area is 182 Å². The minimum absolute atomic E-state index is 0.0112. The minimum Gasteiger partial charge on any atom is -0.497 e. The molecule has 2 unspecified atom stereocenters. The lowest BCUT2D eigenvalue weighted by molar-refractivity contribution is -0.0588. The molecule has 0 bridgehead atoms. The van der Waals surface area contributed by atoms with Crippen LogP contribution in [0, 0.1) is 0 Å². The number of nitrogens with zero attached hydrogens (tertiary/aromatic N) is 3. The van der Waals surface area contributed by atoms with Crippen molar-refractivity contribution < 1.29 is 19.0 Å². The molecule has 0 aliphatic carbocycles. The zero-order valence-corrected chi connectivity index (χ0v) is 18.2. The van der Waals surface area contributed by atoms with Crippen LogP contribution >= 0.6 is 0 Å². The van der Waals surface area contributed by atoms with Gasteiger partial charge in [-0.1, -0.05) is 12.1 Å². The molecule has 2 heterocycles. The molecule has 0 radical (unpaired) electrons. The quantitative estimate of drug-likeness (QED) is 0.627. The van der Waals surface area contributed by atoms with Crippen LogP contribution in [0.1, 0.15) is 24.3 Å². The summed E-state index contributed by atoms with van der Waals surface area (Å²) in [5.41, 5.74) is 2.87. The average molecular weight is 421 g/mol. The fourth-order valence-electron chi connectivity index (χ4n) is 3.88. The van der Waals surface area contributed by atoms with Crippen molar-refractivity contribution in [1.29, 1.82) is 0 Å². The Balaban J connectivity index is 1.77. The summed E-state index contributed by atoms with van der Waals surface area (Å²) in [7, 11) is 3.25. The first-order valence-corrected chi connectivity index (χ1v) is 10.3. The summed E-state index contributed by atoms with van der Waals surface area (Å²) in [4.78, 5) is 15.4. The molecule has 4 rings (SSSR count). The number of ether oxygens (including phenoxy) is 3. The molecular weight excluding hydrogens is 394 g/mol. The van der Waals surface area contributed by atoms with E-state index >= 15 is 0 Å². The van der Waals surface area contributed by atoms with Crippen LogP contribution in [0.25, 0.3) is 16.9 Å². The third kappa shape index (κ3) is 4.41. The predicted octanol–water partition coefficient (Wildman–Crippen LogP) is 3.81. The number of hydrogen-bond donors (Lipinski definition) is 0. The van der Waals surface area contributed by atoms with E-state index < -0.39 is 0 Å². The van der Waals surface area contributed by atoms with Crippen molar-refractivity contribution in [3.05, 3.63) is 60.3 Å². The third-order valence-electron chi connectivity index (χ3n) is 5.32. The molecule has 1 aliphatic rings. The fraction of sp³-hybridized carbons (Fsp3) is 0.333. The predicted molar refractivity (Wildman–Crippen MR) is 118 cm³/mol. The number of morpholine rings is 1. The Hall–Kier alpha value is -3.32. The molecule has 1 aliphatic heterocycles. The summed E-state index contributed by atoms with van der Waals surface area (Å²) in [6.07, 6.45) is -0.0224. The van der Waals surface area contributed by atoms with Crippen LogP contribution in [0.4, 0.5) is 0 Å². The molecule has 2 aromatic carbocycles. The first-order valence-electron chi connectivity index (χ1n) is 10.3. The maximum Gasteiger partial charge on any atom is 0.272 e. The van der Waals surface area contributed by atoms with E-state index in [1.54, 1.807) is 18.9 Å². The van der Waals surface area contributed by atoms with E-state index in [0.717, 1.165) is 22.7 Å². The number of carbonyl (C=O) groups is 1. The molecule has 162 valence electrons. The van der Waals surface area contributed by atoms with Crippen molar-refractivity contribution in [3.63, 3.8) is 0 Å². The second-order valence-electron chi connectivity index (χ2n) is 7.72. The van der Waals surface area contributed by atoms with Crippen LogP contribution in [-0.4, -0.2) is 60.1 Å². The molecule has 1 fully saturated rings. The Morgan fingerprint density at radius 2 is 1.65 bits per heavy atom. The number of rotatable bonds is 5. The van der Waals surface area contributed by atoms with E-state index in [2.05, 4.69) is 0 Å². The molecule has 1 aromatic heterocycles. The molecular formula is C24H27N3O4. The zero-order chi connectivity index (χ0) is 22.0. The molecule has 3 aromatic rings. The summed E-state index contributed by atoms with van der Waals surface area (Å²) in [5.74, 6) is 1.41. The van der Waals surface area contributed by atoms with Crippen molar-refractivity contribution >= 4 is 5.91 Å². The summed E-state index contributed by atoms with van der Waals surface area (Å²) in [6.45, 7) is 5.06. The number of hydrogen-bond acceptors (Lipinski definition) is 5. The SMILES string of the molecule is COc1ccc(-n2nc(-c3cccc(OC)c3)cc2C(=O)N2CC(C)OC(C)C2)cc1. The van der Waals surface area contributed by atoms with Crippen molar-refractivity contribution in [1.82, 2.24) is 14.7 Å². The van der Waals surface area contributed by atoms with Crippen LogP contribution in [0.15, 0.2) is 54.6 Å². The normalized spacial score (nSPS) is 18.6. The van der Waals surface area contributed by atoms with Gasteiger partial charge in [-0.3, -0.25) is 4.79 Å². The number of carbonyl (C=O) groups excluding carboxylic acids is 1. The topological polar surface area (TPSA) is 65.8 Å². The summed E-state index contributed by atoms with van der Waals surface area (Å²) in [6, 6.07) is 17.0. The van der Waals surface area contributed by atoms with Gasteiger partial charge >= 0.3 is 0 Å². The lowest BCUT2D eigenvalue weighted by Crippen LogP contribution is -2.48. The highest BCUT2D eigenvalue weighted by Crippen LogP contribution is 2.27. The van der Waals surface area contributed by atoms with Gasteiger partial charge in [-0.25, -0.2) is 4.68 Å². The molecule has 0 spiro atoms. The van der Waals surface area contributed by atoms with Crippen LogP contribution in [0.5, 0.6) is 11.5 Å². The molecule has 0 N–H and O–H groups in total. The number of aromatic nitrogens is 2. The van der Waals surface area contributed by atoms with E-state index in [4.69, 9.17) is 19.3 Å². The standard InChI is InChI=1S/C24H27N3O4/c1-16-14-26(15-17(2)31-16)24(28)23-13-22(18-6-5-7-21(12-18)30-4)25-27(23)19-8-10-20(29-3)11-9-19/h5-13,16-17H,14-15H2,1-4H3. The highest BCUT2D eigenvalue weighted by molar-refractivity contribution is 5.94. The van der Waals surface area contributed by atoms with Crippen LogP contribution < -0.4 is 9.47 Å². The Bertz CT molecular complexity index is 1050. The van der Waals surface area contributed by atoms with Gasteiger partial charge in [0, 0.05) is 18.7 Å².